The van der Waals surface area contributed by atoms with Crippen molar-refractivity contribution in [2.75, 3.05) is 22.5 Å². The first-order valence-corrected chi connectivity index (χ1v) is 8.23. The molecule has 2 amide bonds. The summed E-state index contributed by atoms with van der Waals surface area (Å²) in [6.07, 6.45) is 1.44. The summed E-state index contributed by atoms with van der Waals surface area (Å²) in [5.41, 5.74) is 1.83. The van der Waals surface area contributed by atoms with Crippen LogP contribution < -0.4 is 16.0 Å². The van der Waals surface area contributed by atoms with Crippen LogP contribution in [0, 0.1) is 0 Å². The van der Waals surface area contributed by atoms with Gasteiger partial charge in [-0.2, -0.15) is 0 Å². The molecular formula is C19H16ClN3O3. The third-order valence-electron chi connectivity index (χ3n) is 3.47. The number of furan rings is 1. The number of halogens is 1. The topological polar surface area (TPSA) is 83.4 Å². The SMILES string of the molecule is O=C(CNc1cccc(NC(=O)c2ccco2)c1)Nc1ccccc1Cl. The number of carbonyl (C=O) groups excluding carboxylic acids is 2. The van der Waals surface area contributed by atoms with Crippen molar-refractivity contribution in [3.63, 3.8) is 0 Å². The van der Waals surface area contributed by atoms with Crippen LogP contribution in [0.1, 0.15) is 10.6 Å². The van der Waals surface area contributed by atoms with Gasteiger partial charge >= 0.3 is 0 Å². The maximum atomic E-state index is 12.0. The molecular weight excluding hydrogens is 354 g/mol. The lowest BCUT2D eigenvalue weighted by Gasteiger charge is -2.10. The summed E-state index contributed by atoms with van der Waals surface area (Å²) in [6, 6.07) is 17.3. The van der Waals surface area contributed by atoms with Crippen LogP contribution in [0.5, 0.6) is 0 Å². The van der Waals surface area contributed by atoms with Gasteiger partial charge in [-0.05, 0) is 42.5 Å². The van der Waals surface area contributed by atoms with Crippen molar-refractivity contribution in [3.05, 3.63) is 77.7 Å². The molecule has 3 N–H and O–H groups in total. The molecule has 1 heterocycles. The van der Waals surface area contributed by atoms with Crippen LogP contribution >= 0.6 is 11.6 Å². The van der Waals surface area contributed by atoms with E-state index in [1.807, 2.05) is 0 Å². The normalized spacial score (nSPS) is 10.2. The van der Waals surface area contributed by atoms with E-state index in [-0.39, 0.29) is 24.1 Å². The highest BCUT2D eigenvalue weighted by Gasteiger charge is 2.09. The second kappa shape index (κ2) is 8.22. The lowest BCUT2D eigenvalue weighted by molar-refractivity contribution is -0.114. The fourth-order valence-electron chi connectivity index (χ4n) is 2.25. The maximum Gasteiger partial charge on any atom is 0.291 e. The molecule has 0 unspecified atom stereocenters. The van der Waals surface area contributed by atoms with Crippen LogP contribution in [-0.4, -0.2) is 18.4 Å². The Labute approximate surface area is 155 Å². The van der Waals surface area contributed by atoms with E-state index < -0.39 is 0 Å². The van der Waals surface area contributed by atoms with E-state index in [1.165, 1.54) is 6.26 Å². The zero-order valence-corrected chi connectivity index (χ0v) is 14.4. The molecule has 0 saturated heterocycles. The summed E-state index contributed by atoms with van der Waals surface area (Å²) in [7, 11) is 0. The van der Waals surface area contributed by atoms with E-state index in [0.717, 1.165) is 0 Å². The van der Waals surface area contributed by atoms with Gasteiger partial charge in [0, 0.05) is 11.4 Å². The Morgan fingerprint density at radius 2 is 1.73 bits per heavy atom. The first-order chi connectivity index (χ1) is 12.6. The minimum Gasteiger partial charge on any atom is -0.459 e. The van der Waals surface area contributed by atoms with E-state index >= 15 is 0 Å². The smallest absolute Gasteiger partial charge is 0.291 e. The average Bonchev–Trinajstić information content (AvgIpc) is 3.17. The molecule has 0 radical (unpaired) electrons. The number of hydrogen-bond donors (Lipinski definition) is 3. The zero-order valence-electron chi connectivity index (χ0n) is 13.7. The fraction of sp³-hybridized carbons (Fsp3) is 0.0526. The molecule has 0 aliphatic carbocycles. The minimum absolute atomic E-state index is 0.0564. The van der Waals surface area contributed by atoms with E-state index in [1.54, 1.807) is 60.7 Å². The summed E-state index contributed by atoms with van der Waals surface area (Å²) < 4.78 is 5.05. The van der Waals surface area contributed by atoms with Gasteiger partial charge in [0.05, 0.1) is 23.5 Å². The highest BCUT2D eigenvalue weighted by Crippen LogP contribution is 2.20. The fourth-order valence-corrected chi connectivity index (χ4v) is 2.43. The van der Waals surface area contributed by atoms with E-state index in [0.29, 0.717) is 22.1 Å². The van der Waals surface area contributed by atoms with E-state index in [4.69, 9.17) is 16.0 Å². The van der Waals surface area contributed by atoms with Gasteiger partial charge in [-0.15, -0.1) is 0 Å². The lowest BCUT2D eigenvalue weighted by atomic mass is 10.2. The number of para-hydroxylation sites is 1. The Morgan fingerprint density at radius 3 is 2.50 bits per heavy atom. The number of benzene rings is 2. The molecule has 0 spiro atoms. The van der Waals surface area contributed by atoms with Gasteiger partial charge in [-0.1, -0.05) is 29.8 Å². The first-order valence-electron chi connectivity index (χ1n) is 7.85. The maximum absolute atomic E-state index is 12.0. The van der Waals surface area contributed by atoms with E-state index in [9.17, 15) is 9.59 Å². The third-order valence-corrected chi connectivity index (χ3v) is 3.80. The average molecular weight is 370 g/mol. The Morgan fingerprint density at radius 1 is 0.923 bits per heavy atom. The van der Waals surface area contributed by atoms with Crippen molar-refractivity contribution in [3.8, 4) is 0 Å². The van der Waals surface area contributed by atoms with Gasteiger partial charge in [0.1, 0.15) is 0 Å². The molecule has 0 saturated carbocycles. The Balaban J connectivity index is 1.56. The largest absolute Gasteiger partial charge is 0.459 e. The predicted molar refractivity (Wildman–Crippen MR) is 102 cm³/mol. The molecule has 0 aliphatic heterocycles. The second-order valence-corrected chi connectivity index (χ2v) is 5.80. The van der Waals surface area contributed by atoms with Crippen LogP contribution in [0.4, 0.5) is 17.1 Å². The number of nitrogens with one attached hydrogen (secondary N) is 3. The number of carbonyl (C=O) groups is 2. The van der Waals surface area contributed by atoms with Crippen molar-refractivity contribution in [2.24, 2.45) is 0 Å². The molecule has 3 rings (SSSR count). The van der Waals surface area contributed by atoms with Gasteiger partial charge in [-0.25, -0.2) is 0 Å². The van der Waals surface area contributed by atoms with Gasteiger partial charge < -0.3 is 20.4 Å². The third kappa shape index (κ3) is 4.64. The van der Waals surface area contributed by atoms with Gasteiger partial charge in [0.25, 0.3) is 5.91 Å². The Bertz CT molecular complexity index is 910. The monoisotopic (exact) mass is 369 g/mol. The van der Waals surface area contributed by atoms with Crippen LogP contribution in [0.3, 0.4) is 0 Å². The van der Waals surface area contributed by atoms with Crippen LogP contribution in [0.2, 0.25) is 5.02 Å². The number of amides is 2. The highest BCUT2D eigenvalue weighted by atomic mass is 35.5. The summed E-state index contributed by atoms with van der Waals surface area (Å²) in [5, 5.41) is 8.94. The molecule has 7 heteroatoms. The Hall–Kier alpha value is -3.25. The van der Waals surface area contributed by atoms with Crippen molar-refractivity contribution in [2.45, 2.75) is 0 Å². The summed E-state index contributed by atoms with van der Waals surface area (Å²) in [4.78, 5) is 24.0. The summed E-state index contributed by atoms with van der Waals surface area (Å²) in [5.74, 6) is -0.353. The molecule has 0 fully saturated rings. The van der Waals surface area contributed by atoms with Crippen molar-refractivity contribution < 1.29 is 14.0 Å². The van der Waals surface area contributed by atoms with Gasteiger partial charge in [-0.3, -0.25) is 9.59 Å². The highest BCUT2D eigenvalue weighted by molar-refractivity contribution is 6.33. The second-order valence-electron chi connectivity index (χ2n) is 5.39. The van der Waals surface area contributed by atoms with E-state index in [2.05, 4.69) is 16.0 Å². The predicted octanol–water partition coefficient (Wildman–Crippen LogP) is 4.24. The number of rotatable bonds is 6. The number of anilines is 3. The Kier molecular flexibility index (Phi) is 5.56. The molecule has 0 atom stereocenters. The summed E-state index contributed by atoms with van der Waals surface area (Å²) >= 11 is 6.01. The first kappa shape index (κ1) is 17.6. The quantitative estimate of drug-likeness (QED) is 0.607. The van der Waals surface area contributed by atoms with Gasteiger partial charge in [0.15, 0.2) is 5.76 Å². The number of hydrogen-bond acceptors (Lipinski definition) is 4. The molecule has 26 heavy (non-hydrogen) atoms. The molecule has 3 aromatic rings. The van der Waals surface area contributed by atoms with Crippen molar-refractivity contribution in [1.82, 2.24) is 0 Å². The van der Waals surface area contributed by atoms with Crippen LogP contribution in [-0.2, 0) is 4.79 Å². The van der Waals surface area contributed by atoms with Crippen LogP contribution in [0.15, 0.2) is 71.3 Å². The van der Waals surface area contributed by atoms with Crippen molar-refractivity contribution >= 4 is 40.5 Å². The minimum atomic E-state index is -0.344. The molecule has 132 valence electrons. The lowest BCUT2D eigenvalue weighted by Crippen LogP contribution is -2.22. The van der Waals surface area contributed by atoms with Crippen LogP contribution in [0.25, 0.3) is 0 Å². The van der Waals surface area contributed by atoms with Gasteiger partial charge in [0.2, 0.25) is 5.91 Å². The summed E-state index contributed by atoms with van der Waals surface area (Å²) in [6.45, 7) is 0.0564. The van der Waals surface area contributed by atoms with Crippen molar-refractivity contribution in [1.29, 1.82) is 0 Å². The molecule has 2 aromatic carbocycles. The molecule has 0 bridgehead atoms. The standard InChI is InChI=1S/C19H16ClN3O3/c20-15-7-1-2-8-16(15)23-18(24)12-21-13-5-3-6-14(11-13)22-19(25)17-9-4-10-26-17/h1-11,21H,12H2,(H,22,25)(H,23,24). The zero-order chi connectivity index (χ0) is 18.4. The molecule has 1 aromatic heterocycles. The molecule has 0 aliphatic rings. The molecule has 6 nitrogen and oxygen atoms in total.